The molecule has 21 heavy (non-hydrogen) atoms. The quantitative estimate of drug-likeness (QED) is 0.658. The van der Waals surface area contributed by atoms with Gasteiger partial charge in [-0.15, -0.1) is 0 Å². The van der Waals surface area contributed by atoms with Crippen LogP contribution in [-0.2, 0) is 0 Å². The third-order valence-corrected chi connectivity index (χ3v) is 4.87. The van der Waals surface area contributed by atoms with E-state index in [2.05, 4.69) is 5.32 Å². The average molecular weight is 290 g/mol. The highest BCUT2D eigenvalue weighted by Crippen LogP contribution is 2.47. The Hall–Kier alpha value is -2.11. The Kier molecular flexibility index (Phi) is 3.53. The van der Waals surface area contributed by atoms with Gasteiger partial charge >= 0.3 is 5.69 Å². The molecule has 1 amide bonds. The summed E-state index contributed by atoms with van der Waals surface area (Å²) in [5.41, 5.74) is -0.477. The van der Waals surface area contributed by atoms with Gasteiger partial charge in [-0.2, -0.15) is 0 Å². The number of rotatable bonds is 4. The van der Waals surface area contributed by atoms with E-state index in [1.54, 1.807) is 0 Å². The highest BCUT2D eigenvalue weighted by atomic mass is 16.6. The number of fused-ring (bicyclic) bond motifs is 2. The molecule has 1 aromatic carbocycles. The first-order valence-electron chi connectivity index (χ1n) is 7.31. The molecule has 3 atom stereocenters. The van der Waals surface area contributed by atoms with E-state index in [1.165, 1.54) is 37.5 Å². The molecule has 0 aromatic heterocycles. The lowest BCUT2D eigenvalue weighted by atomic mass is 9.89. The zero-order valence-electron chi connectivity index (χ0n) is 11.6. The van der Waals surface area contributed by atoms with Crippen molar-refractivity contribution >= 4 is 11.6 Å². The molecule has 2 saturated carbocycles. The van der Waals surface area contributed by atoms with Gasteiger partial charge in [0.25, 0.3) is 5.91 Å². The average Bonchev–Trinajstić information content (AvgIpc) is 3.07. The highest BCUT2D eigenvalue weighted by Gasteiger charge is 2.39. The lowest BCUT2D eigenvalue weighted by molar-refractivity contribution is -0.385. The number of phenolic OH excluding ortho intramolecular Hbond substituents is 1. The number of carbonyl (C=O) groups excluding carboxylic acids is 1. The van der Waals surface area contributed by atoms with Crippen LogP contribution >= 0.6 is 0 Å². The Labute approximate surface area is 122 Å². The Balaban J connectivity index is 1.66. The second-order valence-electron chi connectivity index (χ2n) is 6.08. The number of nitrogens with zero attached hydrogens (tertiary/aromatic N) is 1. The van der Waals surface area contributed by atoms with E-state index >= 15 is 0 Å². The summed E-state index contributed by atoms with van der Waals surface area (Å²) in [6.07, 6.45) is 4.97. The molecule has 6 heteroatoms. The van der Waals surface area contributed by atoms with E-state index in [-0.39, 0.29) is 5.56 Å². The monoisotopic (exact) mass is 290 g/mol. The second-order valence-corrected chi connectivity index (χ2v) is 6.08. The van der Waals surface area contributed by atoms with Crippen molar-refractivity contribution < 1.29 is 14.8 Å². The van der Waals surface area contributed by atoms with Crippen LogP contribution in [0.3, 0.4) is 0 Å². The van der Waals surface area contributed by atoms with E-state index < -0.39 is 22.3 Å². The maximum Gasteiger partial charge on any atom is 0.311 e. The van der Waals surface area contributed by atoms with Crippen molar-refractivity contribution in [2.45, 2.75) is 25.7 Å². The molecule has 6 nitrogen and oxygen atoms in total. The molecule has 0 radical (unpaired) electrons. The minimum absolute atomic E-state index is 0.0349. The van der Waals surface area contributed by atoms with E-state index in [1.807, 2.05) is 0 Å². The minimum Gasteiger partial charge on any atom is -0.502 e. The standard InChI is InChI=1S/C15H18N2O4/c18-14-12(2-1-3-13(14)17(20)21)15(19)16-8-11-7-9-4-5-10(11)6-9/h1-3,9-11,18H,4-8H2,(H,16,19). The number of carbonyl (C=O) groups is 1. The second kappa shape index (κ2) is 5.35. The molecule has 2 bridgehead atoms. The predicted molar refractivity (Wildman–Crippen MR) is 76.0 cm³/mol. The van der Waals surface area contributed by atoms with Crippen molar-refractivity contribution in [3.05, 3.63) is 33.9 Å². The third-order valence-electron chi connectivity index (χ3n) is 4.87. The van der Waals surface area contributed by atoms with Crippen LogP contribution in [0, 0.1) is 27.9 Å². The Morgan fingerprint density at radius 1 is 1.38 bits per heavy atom. The van der Waals surface area contributed by atoms with Crippen molar-refractivity contribution in [1.82, 2.24) is 5.32 Å². The third kappa shape index (κ3) is 2.57. The fraction of sp³-hybridized carbons (Fsp3) is 0.533. The van der Waals surface area contributed by atoms with Gasteiger partial charge in [-0.05, 0) is 43.1 Å². The highest BCUT2D eigenvalue weighted by molar-refractivity contribution is 5.98. The largest absolute Gasteiger partial charge is 0.502 e. The number of benzene rings is 1. The van der Waals surface area contributed by atoms with Crippen LogP contribution in [0.2, 0.25) is 0 Å². The van der Waals surface area contributed by atoms with Gasteiger partial charge in [0.2, 0.25) is 5.75 Å². The van der Waals surface area contributed by atoms with Crippen molar-refractivity contribution in [3.8, 4) is 5.75 Å². The van der Waals surface area contributed by atoms with Gasteiger partial charge in [0.15, 0.2) is 0 Å². The van der Waals surface area contributed by atoms with Gasteiger partial charge in [0, 0.05) is 12.6 Å². The number of amides is 1. The molecule has 2 fully saturated rings. The van der Waals surface area contributed by atoms with E-state index in [9.17, 15) is 20.0 Å². The summed E-state index contributed by atoms with van der Waals surface area (Å²) in [4.78, 5) is 22.2. The summed E-state index contributed by atoms with van der Waals surface area (Å²) in [6, 6.07) is 3.99. The smallest absolute Gasteiger partial charge is 0.311 e. The Bertz CT molecular complexity index is 587. The van der Waals surface area contributed by atoms with Crippen molar-refractivity contribution in [2.75, 3.05) is 6.54 Å². The maximum absolute atomic E-state index is 12.1. The first-order valence-corrected chi connectivity index (χ1v) is 7.31. The van der Waals surface area contributed by atoms with Gasteiger partial charge in [-0.25, -0.2) is 0 Å². The molecule has 2 N–H and O–H groups in total. The Morgan fingerprint density at radius 3 is 2.81 bits per heavy atom. The van der Waals surface area contributed by atoms with E-state index in [4.69, 9.17) is 0 Å². The summed E-state index contributed by atoms with van der Waals surface area (Å²) < 4.78 is 0. The first kappa shape index (κ1) is 13.9. The zero-order chi connectivity index (χ0) is 15.0. The fourth-order valence-electron chi connectivity index (χ4n) is 3.81. The number of hydrogen-bond donors (Lipinski definition) is 2. The molecular formula is C15H18N2O4. The summed E-state index contributed by atoms with van der Waals surface area (Å²) >= 11 is 0. The molecule has 1 aromatic rings. The van der Waals surface area contributed by atoms with Crippen LogP contribution in [0.15, 0.2) is 18.2 Å². The van der Waals surface area contributed by atoms with Crippen LogP contribution in [0.5, 0.6) is 5.75 Å². The van der Waals surface area contributed by atoms with Gasteiger partial charge in [-0.3, -0.25) is 14.9 Å². The Morgan fingerprint density at radius 2 is 2.19 bits per heavy atom. The van der Waals surface area contributed by atoms with Crippen LogP contribution in [0.4, 0.5) is 5.69 Å². The van der Waals surface area contributed by atoms with Gasteiger partial charge in [0.1, 0.15) is 0 Å². The molecule has 3 rings (SSSR count). The molecule has 3 unspecified atom stereocenters. The molecule has 0 saturated heterocycles. The predicted octanol–water partition coefficient (Wildman–Crippen LogP) is 2.47. The van der Waals surface area contributed by atoms with E-state index in [0.29, 0.717) is 18.4 Å². The first-order chi connectivity index (χ1) is 10.1. The number of phenols is 1. The minimum atomic E-state index is -0.692. The molecule has 112 valence electrons. The maximum atomic E-state index is 12.1. The van der Waals surface area contributed by atoms with Gasteiger partial charge in [-0.1, -0.05) is 12.5 Å². The number of nitro benzene ring substituents is 1. The van der Waals surface area contributed by atoms with E-state index in [0.717, 1.165) is 12.3 Å². The van der Waals surface area contributed by atoms with Crippen LogP contribution in [0.25, 0.3) is 0 Å². The molecular weight excluding hydrogens is 272 g/mol. The van der Waals surface area contributed by atoms with Gasteiger partial charge in [0.05, 0.1) is 10.5 Å². The molecule has 2 aliphatic rings. The molecule has 2 aliphatic carbocycles. The SMILES string of the molecule is O=C(NCC1CC2CCC1C2)c1cccc([N+](=O)[O-])c1O. The number of para-hydroxylation sites is 1. The lowest BCUT2D eigenvalue weighted by Gasteiger charge is -2.21. The normalized spacial score (nSPS) is 26.8. The number of nitro groups is 1. The van der Waals surface area contributed by atoms with Gasteiger partial charge < -0.3 is 10.4 Å². The number of nitrogens with one attached hydrogen (secondary N) is 1. The number of aromatic hydroxyl groups is 1. The van der Waals surface area contributed by atoms with Crippen molar-refractivity contribution in [3.63, 3.8) is 0 Å². The number of hydrogen-bond acceptors (Lipinski definition) is 4. The van der Waals surface area contributed by atoms with Crippen LogP contribution in [-0.4, -0.2) is 22.5 Å². The lowest BCUT2D eigenvalue weighted by Crippen LogP contribution is -2.31. The van der Waals surface area contributed by atoms with Crippen molar-refractivity contribution in [2.24, 2.45) is 17.8 Å². The van der Waals surface area contributed by atoms with Crippen LogP contribution in [0.1, 0.15) is 36.0 Å². The molecule has 0 spiro atoms. The summed E-state index contributed by atoms with van der Waals surface area (Å²) in [6.45, 7) is 0.585. The topological polar surface area (TPSA) is 92.5 Å². The summed E-state index contributed by atoms with van der Waals surface area (Å²) in [5, 5.41) is 23.4. The fourth-order valence-corrected chi connectivity index (χ4v) is 3.81. The molecule has 0 heterocycles. The summed E-state index contributed by atoms with van der Waals surface area (Å²) in [5.74, 6) is 1.01. The van der Waals surface area contributed by atoms with Crippen molar-refractivity contribution in [1.29, 1.82) is 0 Å². The summed E-state index contributed by atoms with van der Waals surface area (Å²) in [7, 11) is 0. The molecule has 0 aliphatic heterocycles. The van der Waals surface area contributed by atoms with Crippen LogP contribution < -0.4 is 5.32 Å². The zero-order valence-corrected chi connectivity index (χ0v) is 11.6.